The van der Waals surface area contributed by atoms with Gasteiger partial charge in [-0.2, -0.15) is 0 Å². The van der Waals surface area contributed by atoms with Crippen LogP contribution in [0.5, 0.6) is 0 Å². The van der Waals surface area contributed by atoms with Gasteiger partial charge in [-0.25, -0.2) is 19.7 Å². The number of aromatic nitrogens is 4. The molecule has 0 aliphatic rings. The maximum absolute atomic E-state index is 12.4. The fourth-order valence-corrected chi connectivity index (χ4v) is 3.79. The average molecular weight is 384 g/mol. The third-order valence-electron chi connectivity index (χ3n) is 3.41. The number of nitrogens with zero attached hydrogens (tertiary/aromatic N) is 4. The minimum atomic E-state index is -0.456. The van der Waals surface area contributed by atoms with Crippen LogP contribution in [-0.4, -0.2) is 26.1 Å². The highest BCUT2D eigenvalue weighted by Crippen LogP contribution is 2.27. The summed E-state index contributed by atoms with van der Waals surface area (Å²) in [5.41, 5.74) is 1.14. The zero-order valence-electron chi connectivity index (χ0n) is 13.6. The maximum Gasteiger partial charge on any atom is 0.350 e. The van der Waals surface area contributed by atoms with Crippen molar-refractivity contribution in [2.24, 2.45) is 0 Å². The van der Waals surface area contributed by atoms with Crippen molar-refractivity contribution in [3.05, 3.63) is 58.3 Å². The van der Waals surface area contributed by atoms with E-state index in [1.807, 2.05) is 17.5 Å². The van der Waals surface area contributed by atoms with E-state index in [0.29, 0.717) is 32.9 Å². The summed E-state index contributed by atoms with van der Waals surface area (Å²) >= 11 is 2.76. The molecule has 0 aliphatic heterocycles. The van der Waals surface area contributed by atoms with Crippen molar-refractivity contribution < 1.29 is 14.1 Å². The molecule has 4 rings (SSSR count). The van der Waals surface area contributed by atoms with Gasteiger partial charge in [-0.1, -0.05) is 11.2 Å². The van der Waals surface area contributed by atoms with E-state index in [1.165, 1.54) is 11.3 Å². The summed E-state index contributed by atoms with van der Waals surface area (Å²) in [6.07, 6.45) is 3.26. The van der Waals surface area contributed by atoms with Crippen molar-refractivity contribution in [2.45, 2.75) is 13.5 Å². The Labute approximate surface area is 156 Å². The molecule has 0 aliphatic carbocycles. The number of esters is 1. The Morgan fingerprint density at radius 3 is 2.88 bits per heavy atom. The van der Waals surface area contributed by atoms with E-state index in [0.717, 1.165) is 4.88 Å². The van der Waals surface area contributed by atoms with E-state index in [9.17, 15) is 4.79 Å². The van der Waals surface area contributed by atoms with Gasteiger partial charge in [-0.05, 0) is 24.4 Å². The molecule has 0 amide bonds. The van der Waals surface area contributed by atoms with Crippen molar-refractivity contribution in [1.82, 2.24) is 20.1 Å². The number of hydrogen-bond donors (Lipinski definition) is 0. The number of ether oxygens (including phenoxy) is 1. The number of thiazole rings is 1. The van der Waals surface area contributed by atoms with Crippen molar-refractivity contribution in [3.63, 3.8) is 0 Å². The largest absolute Gasteiger partial charge is 0.455 e. The predicted molar refractivity (Wildman–Crippen MR) is 96.8 cm³/mol. The lowest BCUT2D eigenvalue weighted by Gasteiger charge is -2.00. The molecule has 0 N–H and O–H groups in total. The van der Waals surface area contributed by atoms with E-state index in [2.05, 4.69) is 20.1 Å². The number of carbonyl (C=O) groups excluding carboxylic acids is 1. The van der Waals surface area contributed by atoms with Crippen LogP contribution in [0.3, 0.4) is 0 Å². The van der Waals surface area contributed by atoms with Gasteiger partial charge < -0.3 is 9.26 Å². The third kappa shape index (κ3) is 3.39. The molecule has 0 atom stereocenters. The van der Waals surface area contributed by atoms with Gasteiger partial charge in [-0.15, -0.1) is 22.7 Å². The summed E-state index contributed by atoms with van der Waals surface area (Å²) in [4.78, 5) is 26.4. The lowest BCUT2D eigenvalue weighted by molar-refractivity contribution is 0.0469. The Morgan fingerprint density at radius 2 is 2.12 bits per heavy atom. The Balaban J connectivity index is 1.45. The molecule has 0 spiro atoms. The molecule has 4 aromatic rings. The summed E-state index contributed by atoms with van der Waals surface area (Å²) in [7, 11) is 0. The highest BCUT2D eigenvalue weighted by molar-refractivity contribution is 7.17. The smallest absolute Gasteiger partial charge is 0.350 e. The normalized spacial score (nSPS) is 10.8. The molecular formula is C17H12N4O3S2. The summed E-state index contributed by atoms with van der Waals surface area (Å²) in [5.74, 6) is 0.683. The minimum absolute atomic E-state index is 0.0300. The molecule has 4 heterocycles. The number of aryl methyl sites for hydroxylation is 1. The van der Waals surface area contributed by atoms with Crippen LogP contribution in [0, 0.1) is 6.92 Å². The van der Waals surface area contributed by atoms with Crippen LogP contribution < -0.4 is 0 Å². The zero-order valence-corrected chi connectivity index (χ0v) is 15.2. The van der Waals surface area contributed by atoms with Crippen LogP contribution in [0.1, 0.15) is 21.1 Å². The monoisotopic (exact) mass is 384 g/mol. The fraction of sp³-hybridized carbons (Fsp3) is 0.118. The average Bonchev–Trinajstić information content (AvgIpc) is 3.40. The summed E-state index contributed by atoms with van der Waals surface area (Å²) in [6.45, 7) is 1.78. The first-order chi connectivity index (χ1) is 12.7. The summed E-state index contributed by atoms with van der Waals surface area (Å²) in [5, 5.41) is 6.47. The van der Waals surface area contributed by atoms with Crippen LogP contribution in [0.15, 0.2) is 46.6 Å². The molecule has 0 radical (unpaired) electrons. The molecule has 0 unspecified atom stereocenters. The molecule has 0 saturated carbocycles. The lowest BCUT2D eigenvalue weighted by atomic mass is 10.3. The molecule has 7 nitrogen and oxygen atoms in total. The Kier molecular flexibility index (Phi) is 4.55. The number of rotatable bonds is 5. The Bertz CT molecular complexity index is 1030. The van der Waals surface area contributed by atoms with E-state index in [-0.39, 0.29) is 6.61 Å². The SMILES string of the molecule is Cc1nc(-c2ncccn2)sc1C(=O)OCc1cc(-c2cccs2)on1. The number of thiophene rings is 1. The van der Waals surface area contributed by atoms with Crippen molar-refractivity contribution in [1.29, 1.82) is 0 Å². The fourth-order valence-electron chi connectivity index (χ4n) is 2.21. The van der Waals surface area contributed by atoms with Gasteiger partial charge in [-0.3, -0.25) is 0 Å². The van der Waals surface area contributed by atoms with Crippen molar-refractivity contribution in [2.75, 3.05) is 0 Å². The van der Waals surface area contributed by atoms with E-state index >= 15 is 0 Å². The molecule has 0 saturated heterocycles. The van der Waals surface area contributed by atoms with Gasteiger partial charge in [0.25, 0.3) is 0 Å². The lowest BCUT2D eigenvalue weighted by Crippen LogP contribution is -2.05. The highest BCUT2D eigenvalue weighted by Gasteiger charge is 2.19. The Morgan fingerprint density at radius 1 is 1.27 bits per heavy atom. The van der Waals surface area contributed by atoms with Crippen molar-refractivity contribution in [3.8, 4) is 21.5 Å². The first kappa shape index (κ1) is 16.6. The van der Waals surface area contributed by atoms with Gasteiger partial charge in [0.2, 0.25) is 0 Å². The Hall–Kier alpha value is -2.91. The third-order valence-corrected chi connectivity index (χ3v) is 5.43. The minimum Gasteiger partial charge on any atom is -0.455 e. The highest BCUT2D eigenvalue weighted by atomic mass is 32.1. The van der Waals surface area contributed by atoms with Gasteiger partial charge in [0.15, 0.2) is 16.6 Å². The second-order valence-electron chi connectivity index (χ2n) is 5.24. The van der Waals surface area contributed by atoms with Crippen LogP contribution in [0.2, 0.25) is 0 Å². The van der Waals surface area contributed by atoms with Crippen LogP contribution in [-0.2, 0) is 11.3 Å². The number of carbonyl (C=O) groups is 1. The maximum atomic E-state index is 12.4. The molecule has 0 fully saturated rings. The number of hydrogen-bond acceptors (Lipinski definition) is 9. The van der Waals surface area contributed by atoms with Crippen LogP contribution in [0.4, 0.5) is 0 Å². The second kappa shape index (κ2) is 7.14. The van der Waals surface area contributed by atoms with Crippen LogP contribution in [0.25, 0.3) is 21.5 Å². The van der Waals surface area contributed by atoms with Gasteiger partial charge in [0.1, 0.15) is 17.2 Å². The molecule has 26 heavy (non-hydrogen) atoms. The van der Waals surface area contributed by atoms with E-state index in [4.69, 9.17) is 9.26 Å². The van der Waals surface area contributed by atoms with Gasteiger partial charge in [0, 0.05) is 18.5 Å². The predicted octanol–water partition coefficient (Wildman–Crippen LogP) is 3.98. The first-order valence-corrected chi connectivity index (χ1v) is 9.32. The van der Waals surface area contributed by atoms with Gasteiger partial charge >= 0.3 is 5.97 Å². The van der Waals surface area contributed by atoms with Gasteiger partial charge in [0.05, 0.1) is 10.6 Å². The van der Waals surface area contributed by atoms with E-state index < -0.39 is 5.97 Å². The molecule has 4 aromatic heterocycles. The first-order valence-electron chi connectivity index (χ1n) is 7.62. The standard InChI is InChI=1S/C17H12N4O3S2/c1-10-14(26-16(20-10)15-18-5-3-6-19-15)17(22)23-9-11-8-12(24-21-11)13-4-2-7-25-13/h2-8H,9H2,1H3. The second-order valence-corrected chi connectivity index (χ2v) is 7.19. The molecule has 0 bridgehead atoms. The van der Waals surface area contributed by atoms with E-state index in [1.54, 1.807) is 42.8 Å². The quantitative estimate of drug-likeness (QED) is 0.481. The molecular weight excluding hydrogens is 372 g/mol. The summed E-state index contributed by atoms with van der Waals surface area (Å²) in [6, 6.07) is 7.36. The topological polar surface area (TPSA) is 91.0 Å². The van der Waals surface area contributed by atoms with Crippen molar-refractivity contribution >= 4 is 28.6 Å². The molecule has 0 aromatic carbocycles. The molecule has 130 valence electrons. The van der Waals surface area contributed by atoms with Crippen LogP contribution >= 0.6 is 22.7 Å². The molecule has 9 heteroatoms. The zero-order chi connectivity index (χ0) is 17.9. The summed E-state index contributed by atoms with van der Waals surface area (Å²) < 4.78 is 10.6.